The number of hydrogen-bond acceptors (Lipinski definition) is 15. The molecule has 0 aromatic rings. The second-order valence-corrected chi connectivity index (χ2v) is 11.1. The SMILES string of the molecule is CN(CCCCN(C)CC(O)CO[C@H]1O[C@H](CN)[C@@H](O)[C@H](O)[C@H]1N)CC(O)COC1[C@@H](O)[C@H](N)C[C@H](N)[C@H]1O. The van der Waals surface area contributed by atoms with Crippen LogP contribution in [0.5, 0.6) is 0 Å². The van der Waals surface area contributed by atoms with Gasteiger partial charge >= 0.3 is 0 Å². The summed E-state index contributed by atoms with van der Waals surface area (Å²) in [5.74, 6) is 0. The maximum atomic E-state index is 10.3. The maximum Gasteiger partial charge on any atom is 0.175 e. The van der Waals surface area contributed by atoms with Crippen LogP contribution in [-0.4, -0.2) is 174 Å². The standard InChI is InChI=1S/C24H52N6O9/c1-29(9-13(31)11-37-23-19(33)15(26)7-16(27)20(23)34)5-3-4-6-30(2)10-14(32)12-38-24-18(28)22(36)21(35)17(8-25)39-24/h13-24,31-36H,3-12,25-28H2,1-2H3/t13?,14?,15-,16+,17-,18-,19+,20-,21-,22-,23?,24+/m1/s1. The highest BCUT2D eigenvalue weighted by Crippen LogP contribution is 2.22. The molecule has 2 rings (SSSR count). The molecule has 1 saturated heterocycles. The highest BCUT2D eigenvalue weighted by atomic mass is 16.7. The molecule has 0 aromatic heterocycles. The number of hydrogen-bond donors (Lipinski definition) is 10. The van der Waals surface area contributed by atoms with Gasteiger partial charge in [-0.3, -0.25) is 0 Å². The van der Waals surface area contributed by atoms with Crippen LogP contribution in [0.4, 0.5) is 0 Å². The Balaban J connectivity index is 1.58. The molecule has 232 valence electrons. The zero-order chi connectivity index (χ0) is 29.3. The molecule has 2 aliphatic rings. The minimum absolute atomic E-state index is 0.00287. The van der Waals surface area contributed by atoms with Gasteiger partial charge in [-0.2, -0.15) is 0 Å². The van der Waals surface area contributed by atoms with Crippen LogP contribution in [0.3, 0.4) is 0 Å². The number of rotatable bonds is 16. The zero-order valence-electron chi connectivity index (χ0n) is 23.1. The van der Waals surface area contributed by atoms with E-state index in [9.17, 15) is 30.6 Å². The number of aliphatic hydroxyl groups excluding tert-OH is 6. The Bertz CT molecular complexity index is 672. The van der Waals surface area contributed by atoms with E-state index in [0.717, 1.165) is 25.9 Å². The van der Waals surface area contributed by atoms with Gasteiger partial charge in [0.25, 0.3) is 0 Å². The van der Waals surface area contributed by atoms with E-state index in [1.165, 1.54) is 0 Å². The van der Waals surface area contributed by atoms with Crippen molar-refractivity contribution in [2.45, 2.75) is 92.5 Å². The summed E-state index contributed by atoms with van der Waals surface area (Å²) in [4.78, 5) is 3.94. The Morgan fingerprint density at radius 2 is 1.28 bits per heavy atom. The molecule has 12 atom stereocenters. The largest absolute Gasteiger partial charge is 0.389 e. The minimum Gasteiger partial charge on any atom is -0.389 e. The summed E-state index contributed by atoms with van der Waals surface area (Å²) in [6, 6.07) is -2.13. The van der Waals surface area contributed by atoms with Gasteiger partial charge in [-0.1, -0.05) is 0 Å². The normalized spacial score (nSPS) is 37.4. The third kappa shape index (κ3) is 10.6. The smallest absolute Gasteiger partial charge is 0.175 e. The minimum atomic E-state index is -1.24. The third-order valence-corrected chi connectivity index (χ3v) is 7.38. The van der Waals surface area contributed by atoms with Crippen molar-refractivity contribution in [1.29, 1.82) is 0 Å². The van der Waals surface area contributed by atoms with Crippen LogP contribution in [-0.2, 0) is 14.2 Å². The van der Waals surface area contributed by atoms with Crippen molar-refractivity contribution in [1.82, 2.24) is 9.80 Å². The molecule has 0 radical (unpaired) electrons. The van der Waals surface area contributed by atoms with Crippen LogP contribution in [0.2, 0.25) is 0 Å². The summed E-state index contributed by atoms with van der Waals surface area (Å²) < 4.78 is 16.6. The van der Waals surface area contributed by atoms with Crippen molar-refractivity contribution in [2.75, 3.05) is 60.0 Å². The van der Waals surface area contributed by atoms with Crippen LogP contribution in [0, 0.1) is 0 Å². The molecule has 1 aliphatic heterocycles. The van der Waals surface area contributed by atoms with Gasteiger partial charge in [0.1, 0.15) is 24.4 Å². The zero-order valence-corrected chi connectivity index (χ0v) is 23.1. The van der Waals surface area contributed by atoms with Crippen molar-refractivity contribution in [3.05, 3.63) is 0 Å². The van der Waals surface area contributed by atoms with E-state index >= 15 is 0 Å². The van der Waals surface area contributed by atoms with Gasteiger partial charge in [0.15, 0.2) is 6.29 Å². The molecular formula is C24H52N6O9. The molecule has 3 unspecified atom stereocenters. The topological polar surface area (TPSA) is 260 Å². The van der Waals surface area contributed by atoms with Crippen molar-refractivity contribution < 1.29 is 44.8 Å². The van der Waals surface area contributed by atoms with Crippen molar-refractivity contribution in [3.8, 4) is 0 Å². The molecular weight excluding hydrogens is 516 g/mol. The van der Waals surface area contributed by atoms with E-state index in [1.54, 1.807) is 0 Å². The summed E-state index contributed by atoms with van der Waals surface area (Å²) in [6.07, 6.45) is -6.85. The van der Waals surface area contributed by atoms with Crippen molar-refractivity contribution in [3.63, 3.8) is 0 Å². The van der Waals surface area contributed by atoms with Gasteiger partial charge in [0.2, 0.25) is 0 Å². The number of nitrogens with zero attached hydrogens (tertiary/aromatic N) is 2. The monoisotopic (exact) mass is 568 g/mol. The van der Waals surface area contributed by atoms with Gasteiger partial charge in [-0.05, 0) is 46.4 Å². The van der Waals surface area contributed by atoms with Gasteiger partial charge in [-0.15, -0.1) is 0 Å². The first-order valence-electron chi connectivity index (χ1n) is 13.7. The molecule has 2 fully saturated rings. The molecule has 1 saturated carbocycles. The second kappa shape index (κ2) is 16.7. The molecule has 0 aromatic carbocycles. The lowest BCUT2D eigenvalue weighted by Gasteiger charge is -2.40. The Morgan fingerprint density at radius 3 is 1.77 bits per heavy atom. The predicted molar refractivity (Wildman–Crippen MR) is 142 cm³/mol. The summed E-state index contributed by atoms with van der Waals surface area (Å²) in [6.45, 7) is 2.04. The molecule has 1 aliphatic carbocycles. The number of ether oxygens (including phenoxy) is 3. The molecule has 14 N–H and O–H groups in total. The Morgan fingerprint density at radius 1 is 0.795 bits per heavy atom. The van der Waals surface area contributed by atoms with Gasteiger partial charge in [-0.25, -0.2) is 0 Å². The molecule has 0 amide bonds. The number of unbranched alkanes of at least 4 members (excludes halogenated alkanes) is 1. The number of nitrogens with two attached hydrogens (primary N) is 4. The Hall–Kier alpha value is -0.600. The first-order chi connectivity index (χ1) is 18.3. The lowest BCUT2D eigenvalue weighted by molar-refractivity contribution is -0.262. The molecule has 0 spiro atoms. The van der Waals surface area contributed by atoms with Gasteiger partial charge in [0.05, 0.1) is 43.7 Å². The molecule has 0 bridgehead atoms. The second-order valence-electron chi connectivity index (χ2n) is 11.1. The molecule has 15 nitrogen and oxygen atoms in total. The van der Waals surface area contributed by atoms with Gasteiger partial charge < -0.3 is 77.6 Å². The van der Waals surface area contributed by atoms with Crippen LogP contribution in [0.1, 0.15) is 19.3 Å². The van der Waals surface area contributed by atoms with Crippen LogP contribution >= 0.6 is 0 Å². The fraction of sp³-hybridized carbons (Fsp3) is 1.00. The first kappa shape index (κ1) is 34.6. The number of aliphatic hydroxyl groups is 6. The number of likely N-dealkylation sites (N-methyl/N-ethyl adjacent to an activating group) is 2. The van der Waals surface area contributed by atoms with Crippen LogP contribution < -0.4 is 22.9 Å². The highest BCUT2D eigenvalue weighted by Gasteiger charge is 2.43. The van der Waals surface area contributed by atoms with E-state index < -0.39 is 73.2 Å². The van der Waals surface area contributed by atoms with E-state index in [-0.39, 0.29) is 19.8 Å². The fourth-order valence-electron chi connectivity index (χ4n) is 4.98. The quantitative estimate of drug-likeness (QED) is 0.0778. The molecule has 15 heteroatoms. The fourth-order valence-corrected chi connectivity index (χ4v) is 4.98. The maximum absolute atomic E-state index is 10.3. The van der Waals surface area contributed by atoms with E-state index in [0.29, 0.717) is 19.5 Å². The Labute approximate surface area is 230 Å². The summed E-state index contributed by atoms with van der Waals surface area (Å²) in [7, 11) is 3.76. The average molecular weight is 569 g/mol. The van der Waals surface area contributed by atoms with E-state index in [2.05, 4.69) is 0 Å². The highest BCUT2D eigenvalue weighted by molar-refractivity contribution is 4.97. The molecule has 39 heavy (non-hydrogen) atoms. The summed E-state index contributed by atoms with van der Waals surface area (Å²) >= 11 is 0. The van der Waals surface area contributed by atoms with Crippen LogP contribution in [0.15, 0.2) is 0 Å². The lowest BCUT2D eigenvalue weighted by Crippen LogP contribution is -2.63. The third-order valence-electron chi connectivity index (χ3n) is 7.38. The van der Waals surface area contributed by atoms with Crippen molar-refractivity contribution >= 4 is 0 Å². The van der Waals surface area contributed by atoms with Crippen LogP contribution in [0.25, 0.3) is 0 Å². The molecule has 1 heterocycles. The first-order valence-corrected chi connectivity index (χ1v) is 13.7. The van der Waals surface area contributed by atoms with Gasteiger partial charge in [0, 0.05) is 31.7 Å². The average Bonchev–Trinajstić information content (AvgIpc) is 2.88. The van der Waals surface area contributed by atoms with E-state index in [4.69, 9.17) is 37.1 Å². The predicted octanol–water partition coefficient (Wildman–Crippen LogP) is -5.73. The van der Waals surface area contributed by atoms with Crippen molar-refractivity contribution in [2.24, 2.45) is 22.9 Å². The van der Waals surface area contributed by atoms with E-state index in [1.807, 2.05) is 23.9 Å². The Kier molecular flexibility index (Phi) is 14.9. The lowest BCUT2D eigenvalue weighted by atomic mass is 9.85. The summed E-state index contributed by atoms with van der Waals surface area (Å²) in [5, 5.41) is 61.0. The summed E-state index contributed by atoms with van der Waals surface area (Å²) in [5.41, 5.74) is 23.1.